The van der Waals surface area contributed by atoms with Gasteiger partial charge in [0.1, 0.15) is 10.5 Å². The van der Waals surface area contributed by atoms with Gasteiger partial charge in [0.15, 0.2) is 0 Å². The summed E-state index contributed by atoms with van der Waals surface area (Å²) in [6, 6.07) is 2.05. The molecule has 28 heavy (non-hydrogen) atoms. The van der Waals surface area contributed by atoms with Crippen molar-refractivity contribution in [2.45, 2.75) is 53.1 Å². The Morgan fingerprint density at radius 1 is 1.21 bits per heavy atom. The number of carbonyl (C=O) groups is 1. The zero-order valence-corrected chi connectivity index (χ0v) is 17.4. The Bertz CT molecular complexity index is 1090. The number of thiophene rings is 1. The summed E-state index contributed by atoms with van der Waals surface area (Å²) in [7, 11) is 0. The maximum absolute atomic E-state index is 12.8. The van der Waals surface area contributed by atoms with Crippen LogP contribution in [0.4, 0.5) is 0 Å². The number of nitrogens with zero attached hydrogens (tertiary/aromatic N) is 5. The molecule has 0 radical (unpaired) electrons. The maximum Gasteiger partial charge on any atom is 0.271 e. The van der Waals surface area contributed by atoms with Crippen molar-refractivity contribution in [3.8, 4) is 0 Å². The molecule has 0 bridgehead atoms. The minimum Gasteiger partial charge on any atom is -0.340 e. The van der Waals surface area contributed by atoms with Gasteiger partial charge in [-0.2, -0.15) is 5.10 Å². The number of aryl methyl sites for hydroxylation is 4. The van der Waals surface area contributed by atoms with Crippen LogP contribution in [-0.2, 0) is 24.3 Å². The van der Waals surface area contributed by atoms with Gasteiger partial charge in [-0.05, 0) is 44.2 Å². The Labute approximate surface area is 167 Å². The molecule has 1 amide bonds. The highest BCUT2D eigenvalue weighted by Gasteiger charge is 2.21. The number of hydrogen-bond donors (Lipinski definition) is 0. The number of fused-ring (bicyclic) bond motifs is 2. The Morgan fingerprint density at radius 3 is 2.79 bits per heavy atom. The first-order valence-corrected chi connectivity index (χ1v) is 10.6. The predicted molar refractivity (Wildman–Crippen MR) is 110 cm³/mol. The third kappa shape index (κ3) is 3.48. The van der Waals surface area contributed by atoms with Crippen molar-refractivity contribution >= 4 is 27.5 Å². The third-order valence-corrected chi connectivity index (χ3v) is 6.42. The molecule has 1 aliphatic heterocycles. The molecule has 0 fully saturated rings. The number of hydrogen-bond acceptors (Lipinski definition) is 5. The Balaban J connectivity index is 1.41. The van der Waals surface area contributed by atoms with Gasteiger partial charge in [-0.15, -0.1) is 11.3 Å². The summed E-state index contributed by atoms with van der Waals surface area (Å²) in [5, 5.41) is 6.43. The summed E-state index contributed by atoms with van der Waals surface area (Å²) in [6.07, 6.45) is 1.87. The van der Waals surface area contributed by atoms with Gasteiger partial charge >= 0.3 is 0 Å². The average Bonchev–Trinajstić information content (AvgIpc) is 3.09. The van der Waals surface area contributed by atoms with Crippen LogP contribution >= 0.6 is 11.3 Å². The van der Waals surface area contributed by atoms with Crippen molar-refractivity contribution in [2.75, 3.05) is 13.1 Å². The molecule has 0 spiro atoms. The summed E-state index contributed by atoms with van der Waals surface area (Å²) < 4.78 is 4.42. The van der Waals surface area contributed by atoms with E-state index in [1.807, 2.05) is 41.8 Å². The Hall–Kier alpha value is -2.48. The van der Waals surface area contributed by atoms with Crippen LogP contribution in [0.25, 0.3) is 10.2 Å². The van der Waals surface area contributed by atoms with E-state index in [0.29, 0.717) is 37.2 Å². The molecule has 0 aliphatic carbocycles. The zero-order valence-electron chi connectivity index (χ0n) is 16.6. The predicted octanol–water partition coefficient (Wildman–Crippen LogP) is 2.44. The van der Waals surface area contributed by atoms with E-state index in [4.69, 9.17) is 4.98 Å². The van der Waals surface area contributed by atoms with Gasteiger partial charge in [-0.3, -0.25) is 18.8 Å². The summed E-state index contributed by atoms with van der Waals surface area (Å²) in [6.45, 7) is 8.42. The van der Waals surface area contributed by atoms with Crippen LogP contribution in [0.3, 0.4) is 0 Å². The van der Waals surface area contributed by atoms with E-state index in [1.165, 1.54) is 11.3 Å². The number of rotatable bonds is 4. The lowest BCUT2D eigenvalue weighted by Crippen LogP contribution is -2.34. The van der Waals surface area contributed by atoms with Crippen molar-refractivity contribution in [1.29, 1.82) is 0 Å². The molecule has 0 saturated carbocycles. The fourth-order valence-corrected chi connectivity index (χ4v) is 4.77. The number of aromatic nitrogens is 4. The topological polar surface area (TPSA) is 73.0 Å². The molecule has 0 saturated heterocycles. The standard InChI is InChI=1S/C20H25N5O2S/c1-13-12-28-19-18(13)21-16-6-8-23(9-10-24(16)20(19)27)17(26)5-4-7-25-15(3)11-14(2)22-25/h11-12H,4-10H2,1-3H3. The lowest BCUT2D eigenvalue weighted by molar-refractivity contribution is -0.131. The first-order chi connectivity index (χ1) is 13.4. The van der Waals surface area contributed by atoms with Crippen LogP contribution in [-0.4, -0.2) is 43.2 Å². The summed E-state index contributed by atoms with van der Waals surface area (Å²) >= 11 is 1.45. The average molecular weight is 400 g/mol. The van der Waals surface area contributed by atoms with E-state index >= 15 is 0 Å². The van der Waals surface area contributed by atoms with Gasteiger partial charge < -0.3 is 4.90 Å². The molecule has 0 aromatic carbocycles. The quantitative estimate of drug-likeness (QED) is 0.675. The summed E-state index contributed by atoms with van der Waals surface area (Å²) in [5.41, 5.74) is 4.00. The van der Waals surface area contributed by atoms with E-state index < -0.39 is 0 Å². The van der Waals surface area contributed by atoms with E-state index in [-0.39, 0.29) is 11.5 Å². The van der Waals surface area contributed by atoms with E-state index in [0.717, 1.165) is 41.3 Å². The Morgan fingerprint density at radius 2 is 2.04 bits per heavy atom. The second-order valence-corrected chi connectivity index (χ2v) is 8.35. The molecular weight excluding hydrogens is 374 g/mol. The van der Waals surface area contributed by atoms with E-state index in [1.54, 1.807) is 4.57 Å². The lowest BCUT2D eigenvalue weighted by atomic mass is 10.2. The molecule has 0 N–H and O–H groups in total. The zero-order chi connectivity index (χ0) is 19.8. The van der Waals surface area contributed by atoms with E-state index in [2.05, 4.69) is 5.10 Å². The monoisotopic (exact) mass is 399 g/mol. The molecule has 4 rings (SSSR count). The molecule has 1 aliphatic rings. The van der Waals surface area contributed by atoms with Crippen LogP contribution in [0.15, 0.2) is 16.2 Å². The largest absolute Gasteiger partial charge is 0.340 e. The van der Waals surface area contributed by atoms with Crippen molar-refractivity contribution in [2.24, 2.45) is 0 Å². The second-order valence-electron chi connectivity index (χ2n) is 7.47. The molecule has 0 atom stereocenters. The molecule has 7 nitrogen and oxygen atoms in total. The van der Waals surface area contributed by atoms with Crippen molar-refractivity contribution in [3.63, 3.8) is 0 Å². The minimum absolute atomic E-state index is 0.0249. The second kappa shape index (κ2) is 7.50. The molecule has 3 aromatic rings. The molecular formula is C20H25N5O2S. The lowest BCUT2D eigenvalue weighted by Gasteiger charge is -2.19. The highest BCUT2D eigenvalue weighted by Crippen LogP contribution is 2.21. The van der Waals surface area contributed by atoms with Crippen LogP contribution in [0, 0.1) is 20.8 Å². The van der Waals surface area contributed by atoms with Crippen LogP contribution in [0.5, 0.6) is 0 Å². The van der Waals surface area contributed by atoms with Gasteiger partial charge in [0, 0.05) is 44.7 Å². The van der Waals surface area contributed by atoms with Gasteiger partial charge in [-0.25, -0.2) is 4.98 Å². The fourth-order valence-electron chi connectivity index (χ4n) is 3.84. The van der Waals surface area contributed by atoms with Crippen LogP contribution < -0.4 is 5.56 Å². The van der Waals surface area contributed by atoms with Crippen molar-refractivity contribution in [1.82, 2.24) is 24.2 Å². The smallest absolute Gasteiger partial charge is 0.271 e. The van der Waals surface area contributed by atoms with Crippen molar-refractivity contribution in [3.05, 3.63) is 44.6 Å². The van der Waals surface area contributed by atoms with Crippen LogP contribution in [0.2, 0.25) is 0 Å². The molecule has 8 heteroatoms. The molecule has 3 aromatic heterocycles. The maximum atomic E-state index is 12.8. The van der Waals surface area contributed by atoms with Gasteiger partial charge in [0.25, 0.3) is 5.56 Å². The number of carbonyl (C=O) groups excluding carboxylic acids is 1. The summed E-state index contributed by atoms with van der Waals surface area (Å²) in [5.74, 6) is 0.928. The van der Waals surface area contributed by atoms with E-state index in [9.17, 15) is 9.59 Å². The third-order valence-electron chi connectivity index (χ3n) is 5.35. The minimum atomic E-state index is 0.0249. The highest BCUT2D eigenvalue weighted by atomic mass is 32.1. The highest BCUT2D eigenvalue weighted by molar-refractivity contribution is 7.17. The SMILES string of the molecule is Cc1cc(C)n(CCCC(=O)N2CCc3nc4c(C)csc4c(=O)n3CC2)n1. The van der Waals surface area contributed by atoms with Crippen LogP contribution in [0.1, 0.15) is 35.6 Å². The molecule has 148 valence electrons. The number of amides is 1. The first-order valence-electron chi connectivity index (χ1n) is 9.70. The Kier molecular flexibility index (Phi) is 5.05. The first kappa shape index (κ1) is 18.9. The molecule has 0 unspecified atom stereocenters. The fraction of sp³-hybridized carbons (Fsp3) is 0.500. The van der Waals surface area contributed by atoms with Crippen molar-refractivity contribution < 1.29 is 4.79 Å². The van der Waals surface area contributed by atoms with Gasteiger partial charge in [0.05, 0.1) is 11.2 Å². The normalized spacial score (nSPS) is 14.3. The molecule has 4 heterocycles. The summed E-state index contributed by atoms with van der Waals surface area (Å²) in [4.78, 5) is 32.1. The van der Waals surface area contributed by atoms with Gasteiger partial charge in [-0.1, -0.05) is 0 Å². The van der Waals surface area contributed by atoms with Gasteiger partial charge in [0.2, 0.25) is 5.91 Å².